The number of anilines is 1. The number of aryl methyl sites for hydroxylation is 2. The number of hydrogen-bond acceptors (Lipinski definition) is 5. The maximum absolute atomic E-state index is 12.2. The molecule has 0 saturated carbocycles. The van der Waals surface area contributed by atoms with Crippen LogP contribution < -0.4 is 15.4 Å². The van der Waals surface area contributed by atoms with Crippen LogP contribution in [0.5, 0.6) is 5.75 Å². The smallest absolute Gasteiger partial charge is 0.251 e. The SMILES string of the molecule is Cc1ccc(OCCNC(=O)c2ccc(NC(=O)CSc3nccn3C)cc2)cc1. The Morgan fingerprint density at radius 3 is 2.50 bits per heavy atom. The van der Waals surface area contributed by atoms with Crippen LogP contribution in [0.25, 0.3) is 0 Å². The van der Waals surface area contributed by atoms with Gasteiger partial charge in [-0.1, -0.05) is 29.5 Å². The van der Waals surface area contributed by atoms with E-state index in [1.165, 1.54) is 17.3 Å². The molecule has 0 aliphatic carbocycles. The summed E-state index contributed by atoms with van der Waals surface area (Å²) in [4.78, 5) is 28.5. The third kappa shape index (κ3) is 6.38. The highest BCUT2D eigenvalue weighted by molar-refractivity contribution is 7.99. The molecule has 7 nitrogen and oxygen atoms in total. The lowest BCUT2D eigenvalue weighted by atomic mass is 10.2. The van der Waals surface area contributed by atoms with E-state index in [1.807, 2.05) is 49.0 Å². The number of hydrogen-bond donors (Lipinski definition) is 2. The highest BCUT2D eigenvalue weighted by Crippen LogP contribution is 2.16. The molecule has 156 valence electrons. The third-order valence-electron chi connectivity index (χ3n) is 4.22. The van der Waals surface area contributed by atoms with Crippen molar-refractivity contribution >= 4 is 29.3 Å². The topological polar surface area (TPSA) is 85.2 Å². The van der Waals surface area contributed by atoms with Gasteiger partial charge in [0.25, 0.3) is 5.91 Å². The number of imidazole rings is 1. The van der Waals surface area contributed by atoms with Crippen LogP contribution >= 0.6 is 11.8 Å². The van der Waals surface area contributed by atoms with Crippen LogP contribution in [0.3, 0.4) is 0 Å². The van der Waals surface area contributed by atoms with Crippen molar-refractivity contribution in [2.24, 2.45) is 7.05 Å². The summed E-state index contributed by atoms with van der Waals surface area (Å²) in [6, 6.07) is 14.5. The van der Waals surface area contributed by atoms with Gasteiger partial charge in [0.15, 0.2) is 5.16 Å². The van der Waals surface area contributed by atoms with E-state index in [1.54, 1.807) is 30.5 Å². The number of ether oxygens (including phenoxy) is 1. The fourth-order valence-corrected chi connectivity index (χ4v) is 3.33. The van der Waals surface area contributed by atoms with Crippen molar-refractivity contribution in [1.29, 1.82) is 0 Å². The molecule has 0 atom stereocenters. The zero-order chi connectivity index (χ0) is 21.3. The number of carbonyl (C=O) groups excluding carboxylic acids is 2. The van der Waals surface area contributed by atoms with Gasteiger partial charge in [-0.3, -0.25) is 9.59 Å². The second kappa shape index (κ2) is 10.5. The maximum atomic E-state index is 12.2. The summed E-state index contributed by atoms with van der Waals surface area (Å²) < 4.78 is 7.46. The monoisotopic (exact) mass is 424 g/mol. The minimum atomic E-state index is -0.189. The second-order valence-corrected chi connectivity index (χ2v) is 7.59. The van der Waals surface area contributed by atoms with E-state index in [9.17, 15) is 9.59 Å². The molecule has 30 heavy (non-hydrogen) atoms. The predicted molar refractivity (Wildman–Crippen MR) is 118 cm³/mol. The highest BCUT2D eigenvalue weighted by Gasteiger charge is 2.08. The largest absolute Gasteiger partial charge is 0.492 e. The highest BCUT2D eigenvalue weighted by atomic mass is 32.2. The Bertz CT molecular complexity index is 984. The molecule has 0 radical (unpaired) electrons. The number of amides is 2. The van der Waals surface area contributed by atoms with Crippen molar-refractivity contribution in [3.8, 4) is 5.75 Å². The molecule has 0 saturated heterocycles. The van der Waals surface area contributed by atoms with Crippen molar-refractivity contribution in [1.82, 2.24) is 14.9 Å². The van der Waals surface area contributed by atoms with Gasteiger partial charge in [0, 0.05) is 30.7 Å². The van der Waals surface area contributed by atoms with Crippen molar-refractivity contribution in [2.75, 3.05) is 24.2 Å². The fraction of sp³-hybridized carbons (Fsp3) is 0.227. The molecule has 0 aliphatic heterocycles. The van der Waals surface area contributed by atoms with E-state index in [2.05, 4.69) is 15.6 Å². The third-order valence-corrected chi connectivity index (χ3v) is 5.28. The van der Waals surface area contributed by atoms with Gasteiger partial charge in [0.2, 0.25) is 5.91 Å². The van der Waals surface area contributed by atoms with Gasteiger partial charge >= 0.3 is 0 Å². The number of benzene rings is 2. The number of nitrogens with one attached hydrogen (secondary N) is 2. The number of nitrogens with zero attached hydrogens (tertiary/aromatic N) is 2. The average Bonchev–Trinajstić information content (AvgIpc) is 3.16. The van der Waals surface area contributed by atoms with E-state index in [-0.39, 0.29) is 17.6 Å². The molecule has 2 N–H and O–H groups in total. The van der Waals surface area contributed by atoms with Crippen LogP contribution in [-0.2, 0) is 11.8 Å². The summed E-state index contributed by atoms with van der Waals surface area (Å²) in [7, 11) is 1.88. The number of carbonyl (C=O) groups is 2. The lowest BCUT2D eigenvalue weighted by Gasteiger charge is -2.09. The van der Waals surface area contributed by atoms with Crippen LogP contribution in [0.1, 0.15) is 15.9 Å². The lowest BCUT2D eigenvalue weighted by Crippen LogP contribution is -2.28. The van der Waals surface area contributed by atoms with Crippen LogP contribution in [0, 0.1) is 6.92 Å². The summed E-state index contributed by atoms with van der Waals surface area (Å²) in [6.45, 7) is 2.80. The molecule has 2 amide bonds. The molecule has 0 aliphatic rings. The first kappa shape index (κ1) is 21.4. The molecule has 1 heterocycles. The van der Waals surface area contributed by atoms with Gasteiger partial charge in [-0.2, -0.15) is 0 Å². The molecule has 3 aromatic rings. The molecular weight excluding hydrogens is 400 g/mol. The van der Waals surface area contributed by atoms with E-state index < -0.39 is 0 Å². The van der Waals surface area contributed by atoms with Crippen molar-refractivity contribution in [2.45, 2.75) is 12.1 Å². The molecule has 0 fully saturated rings. The fourth-order valence-electron chi connectivity index (χ4n) is 2.59. The summed E-state index contributed by atoms with van der Waals surface area (Å²) in [5.41, 5.74) is 2.33. The van der Waals surface area contributed by atoms with E-state index in [0.717, 1.165) is 10.9 Å². The molecule has 3 rings (SSSR count). The summed E-state index contributed by atoms with van der Waals surface area (Å²) in [6.07, 6.45) is 3.53. The van der Waals surface area contributed by atoms with Crippen LogP contribution in [0.2, 0.25) is 0 Å². The average molecular weight is 425 g/mol. The lowest BCUT2D eigenvalue weighted by molar-refractivity contribution is -0.113. The zero-order valence-corrected chi connectivity index (χ0v) is 17.7. The van der Waals surface area contributed by atoms with Crippen LogP contribution in [0.4, 0.5) is 5.69 Å². The summed E-state index contributed by atoms with van der Waals surface area (Å²) in [5, 5.41) is 6.42. The number of rotatable bonds is 9. The Balaban J connectivity index is 1.39. The quantitative estimate of drug-likeness (QED) is 0.407. The van der Waals surface area contributed by atoms with E-state index in [0.29, 0.717) is 24.4 Å². The normalized spacial score (nSPS) is 10.5. The molecule has 8 heteroatoms. The van der Waals surface area contributed by atoms with Crippen LogP contribution in [-0.4, -0.2) is 40.3 Å². The Labute approximate surface area is 179 Å². The first-order valence-corrected chi connectivity index (χ1v) is 10.5. The van der Waals surface area contributed by atoms with E-state index >= 15 is 0 Å². The molecule has 1 aromatic heterocycles. The van der Waals surface area contributed by atoms with Crippen molar-refractivity contribution in [3.63, 3.8) is 0 Å². The van der Waals surface area contributed by atoms with Gasteiger partial charge in [0.1, 0.15) is 12.4 Å². The Morgan fingerprint density at radius 1 is 1.10 bits per heavy atom. The molecule has 0 unspecified atom stereocenters. The molecule has 2 aromatic carbocycles. The Kier molecular flexibility index (Phi) is 7.51. The van der Waals surface area contributed by atoms with Crippen molar-refractivity contribution in [3.05, 3.63) is 72.1 Å². The first-order valence-electron chi connectivity index (χ1n) is 9.49. The van der Waals surface area contributed by atoms with Crippen LogP contribution in [0.15, 0.2) is 66.1 Å². The standard InChI is InChI=1S/C22H24N4O3S/c1-16-3-9-19(10-4-16)29-14-12-23-21(28)17-5-7-18(8-6-17)25-20(27)15-30-22-24-11-13-26(22)2/h3-11,13H,12,14-15H2,1-2H3,(H,23,28)(H,25,27). The van der Waals surface area contributed by atoms with Gasteiger partial charge in [-0.25, -0.2) is 4.98 Å². The first-order chi connectivity index (χ1) is 14.5. The minimum absolute atomic E-state index is 0.131. The van der Waals surface area contributed by atoms with Gasteiger partial charge in [-0.15, -0.1) is 0 Å². The second-order valence-electron chi connectivity index (χ2n) is 6.65. The number of aromatic nitrogens is 2. The predicted octanol–water partition coefficient (Wildman–Crippen LogP) is 3.27. The summed E-state index contributed by atoms with van der Waals surface area (Å²) >= 11 is 1.36. The number of thioether (sulfide) groups is 1. The zero-order valence-electron chi connectivity index (χ0n) is 16.9. The minimum Gasteiger partial charge on any atom is -0.492 e. The molecule has 0 bridgehead atoms. The molecule has 0 spiro atoms. The van der Waals surface area contributed by atoms with Gasteiger partial charge in [0.05, 0.1) is 12.3 Å². The van der Waals surface area contributed by atoms with Crippen molar-refractivity contribution < 1.29 is 14.3 Å². The van der Waals surface area contributed by atoms with E-state index in [4.69, 9.17) is 4.74 Å². The molecular formula is C22H24N4O3S. The van der Waals surface area contributed by atoms with Gasteiger partial charge < -0.3 is 19.9 Å². The Hall–Kier alpha value is -3.26. The Morgan fingerprint density at radius 2 is 1.83 bits per heavy atom. The van der Waals surface area contributed by atoms with Gasteiger partial charge in [-0.05, 0) is 43.3 Å². The maximum Gasteiger partial charge on any atom is 0.251 e. The summed E-state index contributed by atoms with van der Waals surface area (Å²) in [5.74, 6) is 0.712.